The van der Waals surface area contributed by atoms with Gasteiger partial charge in [0.25, 0.3) is 0 Å². The van der Waals surface area contributed by atoms with Gasteiger partial charge in [0.15, 0.2) is 11.2 Å². The molecule has 0 saturated heterocycles. The zero-order valence-electron chi connectivity index (χ0n) is 10.8. The number of nitrogens with one attached hydrogen (secondary N) is 1. The van der Waals surface area contributed by atoms with E-state index in [1.54, 1.807) is 22.9 Å². The summed E-state index contributed by atoms with van der Waals surface area (Å²) < 4.78 is 6.73. The zero-order chi connectivity index (χ0) is 13.0. The molecule has 2 heterocycles. The Hall–Kier alpha value is -1.62. The van der Waals surface area contributed by atoms with E-state index < -0.39 is 0 Å². The third-order valence-corrected chi connectivity index (χ3v) is 2.95. The number of hydrogen-bond donors (Lipinski definition) is 1. The van der Waals surface area contributed by atoms with E-state index in [9.17, 15) is 4.79 Å². The fourth-order valence-electron chi connectivity index (χ4n) is 1.91. The quantitative estimate of drug-likeness (QED) is 0.847. The minimum Gasteiger partial charge on any atom is -0.406 e. The molecule has 1 N–H and O–H groups in total. The van der Waals surface area contributed by atoms with Crippen LogP contribution in [0.4, 0.5) is 0 Å². The summed E-state index contributed by atoms with van der Waals surface area (Å²) in [4.78, 5) is 15.9. The van der Waals surface area contributed by atoms with Gasteiger partial charge >= 0.3 is 5.76 Å². The van der Waals surface area contributed by atoms with E-state index >= 15 is 0 Å². The molecule has 98 valence electrons. The fraction of sp³-hybridized carbons (Fsp3) is 0.538. The summed E-state index contributed by atoms with van der Waals surface area (Å²) in [6, 6.07) is 3.91. The average Bonchev–Trinajstić information content (AvgIpc) is 2.69. The van der Waals surface area contributed by atoms with Crippen LogP contribution in [-0.4, -0.2) is 22.1 Å². The summed E-state index contributed by atoms with van der Waals surface area (Å²) in [5.74, 6) is -0.327. The van der Waals surface area contributed by atoms with E-state index in [4.69, 9.17) is 4.42 Å². The number of hydrogen-bond acceptors (Lipinski definition) is 4. The van der Waals surface area contributed by atoms with Gasteiger partial charge in [-0.05, 0) is 38.4 Å². The maximum absolute atomic E-state index is 11.7. The third-order valence-electron chi connectivity index (χ3n) is 2.95. The van der Waals surface area contributed by atoms with Crippen LogP contribution in [0.1, 0.15) is 26.7 Å². The van der Waals surface area contributed by atoms with Gasteiger partial charge in [-0.1, -0.05) is 6.92 Å². The molecule has 2 aromatic heterocycles. The second-order valence-corrected chi connectivity index (χ2v) is 4.49. The zero-order valence-corrected chi connectivity index (χ0v) is 10.8. The van der Waals surface area contributed by atoms with Gasteiger partial charge in [-0.15, -0.1) is 0 Å². The summed E-state index contributed by atoms with van der Waals surface area (Å²) >= 11 is 0. The number of fused-ring (bicyclic) bond motifs is 1. The summed E-state index contributed by atoms with van der Waals surface area (Å²) in [5, 5.41) is 3.40. The van der Waals surface area contributed by atoms with E-state index in [-0.39, 0.29) is 5.76 Å². The van der Waals surface area contributed by atoms with Crippen molar-refractivity contribution in [2.24, 2.45) is 0 Å². The number of aromatic nitrogens is 2. The van der Waals surface area contributed by atoms with Gasteiger partial charge in [-0.3, -0.25) is 4.57 Å². The maximum Gasteiger partial charge on any atom is 0.421 e. The van der Waals surface area contributed by atoms with Crippen molar-refractivity contribution >= 4 is 11.2 Å². The van der Waals surface area contributed by atoms with Gasteiger partial charge in [0.05, 0.1) is 0 Å². The highest BCUT2D eigenvalue weighted by Gasteiger charge is 2.10. The van der Waals surface area contributed by atoms with Crippen molar-refractivity contribution in [3.05, 3.63) is 28.9 Å². The molecule has 1 atom stereocenters. The van der Waals surface area contributed by atoms with Gasteiger partial charge in [-0.25, -0.2) is 9.78 Å². The van der Waals surface area contributed by atoms with Crippen molar-refractivity contribution in [3.63, 3.8) is 0 Å². The lowest BCUT2D eigenvalue weighted by atomic mass is 10.2. The Morgan fingerprint density at radius 1 is 1.56 bits per heavy atom. The molecule has 0 aliphatic rings. The molecule has 2 rings (SSSR count). The molecule has 0 saturated carbocycles. The lowest BCUT2D eigenvalue weighted by Gasteiger charge is -2.12. The standard InChI is InChI=1S/C13H19N3O2/c1-3-7-14-10(2)6-9-16-12-11(18-13(16)17)5-4-8-15-12/h4-5,8,10,14H,3,6-7,9H2,1-2H3. The molecule has 2 aromatic rings. The van der Waals surface area contributed by atoms with Crippen LogP contribution in [0.5, 0.6) is 0 Å². The molecular weight excluding hydrogens is 230 g/mol. The van der Waals surface area contributed by atoms with Crippen molar-refractivity contribution in [2.45, 2.75) is 39.3 Å². The van der Waals surface area contributed by atoms with E-state index in [0.717, 1.165) is 19.4 Å². The molecule has 0 fully saturated rings. The van der Waals surface area contributed by atoms with Crippen LogP contribution in [0.15, 0.2) is 27.5 Å². The third kappa shape index (κ3) is 2.79. The van der Waals surface area contributed by atoms with Gasteiger partial charge in [0.1, 0.15) is 0 Å². The smallest absolute Gasteiger partial charge is 0.406 e. The SMILES string of the molecule is CCCNC(C)CCn1c(=O)oc2cccnc21. The Bertz CT molecular complexity index is 559. The molecular formula is C13H19N3O2. The molecule has 5 nitrogen and oxygen atoms in total. The molecule has 0 radical (unpaired) electrons. The van der Waals surface area contributed by atoms with E-state index in [1.807, 2.05) is 0 Å². The highest BCUT2D eigenvalue weighted by molar-refractivity contribution is 5.67. The predicted octanol–water partition coefficient (Wildman–Crippen LogP) is 1.77. The van der Waals surface area contributed by atoms with Crippen LogP contribution in [0.3, 0.4) is 0 Å². The van der Waals surface area contributed by atoms with Crippen LogP contribution >= 0.6 is 0 Å². The van der Waals surface area contributed by atoms with Crippen LogP contribution in [0, 0.1) is 0 Å². The number of rotatable bonds is 6. The van der Waals surface area contributed by atoms with Gasteiger partial charge in [0.2, 0.25) is 0 Å². The van der Waals surface area contributed by atoms with E-state index in [1.165, 1.54) is 0 Å². The molecule has 0 amide bonds. The topological polar surface area (TPSA) is 60.1 Å². The second-order valence-electron chi connectivity index (χ2n) is 4.49. The highest BCUT2D eigenvalue weighted by atomic mass is 16.4. The molecule has 0 bridgehead atoms. The molecule has 5 heteroatoms. The monoisotopic (exact) mass is 249 g/mol. The first-order valence-electron chi connectivity index (χ1n) is 6.40. The maximum atomic E-state index is 11.7. The average molecular weight is 249 g/mol. The Labute approximate surface area is 106 Å². The first kappa shape index (κ1) is 12.8. The van der Waals surface area contributed by atoms with Crippen LogP contribution in [0.2, 0.25) is 0 Å². The number of nitrogens with zero attached hydrogens (tertiary/aromatic N) is 2. The largest absolute Gasteiger partial charge is 0.421 e. The summed E-state index contributed by atoms with van der Waals surface area (Å²) in [6.45, 7) is 5.88. The Balaban J connectivity index is 2.07. The van der Waals surface area contributed by atoms with E-state index in [0.29, 0.717) is 23.8 Å². The van der Waals surface area contributed by atoms with Crippen molar-refractivity contribution in [3.8, 4) is 0 Å². The number of aryl methyl sites for hydroxylation is 1. The number of oxazole rings is 1. The minimum absolute atomic E-state index is 0.327. The first-order valence-corrected chi connectivity index (χ1v) is 6.40. The lowest BCUT2D eigenvalue weighted by molar-refractivity contribution is 0.448. The Morgan fingerprint density at radius 3 is 3.17 bits per heavy atom. The fourth-order valence-corrected chi connectivity index (χ4v) is 1.91. The molecule has 0 aliphatic carbocycles. The van der Waals surface area contributed by atoms with E-state index in [2.05, 4.69) is 24.1 Å². The molecule has 0 spiro atoms. The molecule has 18 heavy (non-hydrogen) atoms. The predicted molar refractivity (Wildman–Crippen MR) is 70.6 cm³/mol. The van der Waals surface area contributed by atoms with Crippen LogP contribution < -0.4 is 11.1 Å². The van der Waals surface area contributed by atoms with Crippen molar-refractivity contribution in [1.82, 2.24) is 14.9 Å². The number of pyridine rings is 1. The van der Waals surface area contributed by atoms with Gasteiger partial charge in [0, 0.05) is 18.8 Å². The summed E-state index contributed by atoms with van der Waals surface area (Å²) in [6.07, 6.45) is 3.66. The highest BCUT2D eigenvalue weighted by Crippen LogP contribution is 2.09. The van der Waals surface area contributed by atoms with Crippen molar-refractivity contribution in [1.29, 1.82) is 0 Å². The van der Waals surface area contributed by atoms with Crippen molar-refractivity contribution in [2.75, 3.05) is 6.54 Å². The first-order chi connectivity index (χ1) is 8.72. The molecule has 1 unspecified atom stereocenters. The van der Waals surface area contributed by atoms with Gasteiger partial charge < -0.3 is 9.73 Å². The Morgan fingerprint density at radius 2 is 2.39 bits per heavy atom. The minimum atomic E-state index is -0.327. The normalized spacial score (nSPS) is 13.0. The van der Waals surface area contributed by atoms with Crippen LogP contribution in [-0.2, 0) is 6.54 Å². The summed E-state index contributed by atoms with van der Waals surface area (Å²) in [7, 11) is 0. The molecule has 0 aromatic carbocycles. The van der Waals surface area contributed by atoms with Crippen molar-refractivity contribution < 1.29 is 4.42 Å². The lowest BCUT2D eigenvalue weighted by Crippen LogP contribution is -2.29. The second kappa shape index (κ2) is 5.82. The van der Waals surface area contributed by atoms with Crippen LogP contribution in [0.25, 0.3) is 11.2 Å². The molecule has 0 aliphatic heterocycles. The van der Waals surface area contributed by atoms with Gasteiger partial charge in [-0.2, -0.15) is 0 Å². The summed E-state index contributed by atoms with van der Waals surface area (Å²) in [5.41, 5.74) is 1.18. The Kier molecular flexibility index (Phi) is 4.15.